The van der Waals surface area contributed by atoms with Crippen molar-refractivity contribution in [2.75, 3.05) is 25.0 Å². The lowest BCUT2D eigenvalue weighted by Crippen LogP contribution is -2.47. The Kier molecular flexibility index (Phi) is 5.71. The summed E-state index contributed by atoms with van der Waals surface area (Å²) in [4.78, 5) is 14.4. The Morgan fingerprint density at radius 3 is 2.92 bits per heavy atom. The molecule has 2 heterocycles. The molecule has 1 N–H and O–H groups in total. The largest absolute Gasteiger partial charge is 0.375 e. The van der Waals surface area contributed by atoms with Crippen LogP contribution in [0, 0.1) is 6.92 Å². The highest BCUT2D eigenvalue weighted by Gasteiger charge is 2.25. The SMILES string of the molecule is CCc1onc(C)c1NC(=O)N1CCOC(CCc2ccccc2)C1. The Hall–Kier alpha value is -2.34. The number of benzene rings is 1. The number of hydrogen-bond acceptors (Lipinski definition) is 4. The quantitative estimate of drug-likeness (QED) is 0.903. The van der Waals surface area contributed by atoms with Gasteiger partial charge in [0.25, 0.3) is 0 Å². The lowest BCUT2D eigenvalue weighted by Gasteiger charge is -2.33. The predicted octanol–water partition coefficient (Wildman–Crippen LogP) is 3.41. The van der Waals surface area contributed by atoms with E-state index in [9.17, 15) is 4.79 Å². The first-order valence-electron chi connectivity index (χ1n) is 8.84. The molecule has 1 aromatic heterocycles. The van der Waals surface area contributed by atoms with Gasteiger partial charge in [-0.05, 0) is 25.3 Å². The maximum Gasteiger partial charge on any atom is 0.322 e. The Labute approximate surface area is 148 Å². The Morgan fingerprint density at radius 2 is 2.16 bits per heavy atom. The lowest BCUT2D eigenvalue weighted by atomic mass is 10.1. The van der Waals surface area contributed by atoms with Crippen molar-refractivity contribution in [1.82, 2.24) is 10.1 Å². The number of aromatic nitrogens is 1. The molecule has 2 aromatic rings. The maximum absolute atomic E-state index is 12.6. The molecular weight excluding hydrogens is 318 g/mol. The molecule has 0 aliphatic carbocycles. The topological polar surface area (TPSA) is 67.6 Å². The van der Waals surface area contributed by atoms with Crippen molar-refractivity contribution in [1.29, 1.82) is 0 Å². The van der Waals surface area contributed by atoms with Crippen molar-refractivity contribution in [3.05, 3.63) is 47.3 Å². The zero-order valence-electron chi connectivity index (χ0n) is 14.8. The summed E-state index contributed by atoms with van der Waals surface area (Å²) < 4.78 is 11.1. The number of nitrogens with zero attached hydrogens (tertiary/aromatic N) is 2. The van der Waals surface area contributed by atoms with Gasteiger partial charge in [0.15, 0.2) is 5.76 Å². The first kappa shape index (κ1) is 17.5. The van der Waals surface area contributed by atoms with Crippen molar-refractivity contribution in [2.24, 2.45) is 0 Å². The molecule has 1 aliphatic rings. The summed E-state index contributed by atoms with van der Waals surface area (Å²) >= 11 is 0. The molecule has 0 radical (unpaired) electrons. The van der Waals surface area contributed by atoms with Crippen LogP contribution >= 0.6 is 0 Å². The second-order valence-corrected chi connectivity index (χ2v) is 6.31. The molecule has 0 bridgehead atoms. The third-order valence-corrected chi connectivity index (χ3v) is 4.51. The summed E-state index contributed by atoms with van der Waals surface area (Å²) in [5.41, 5.74) is 2.69. The third-order valence-electron chi connectivity index (χ3n) is 4.51. The van der Waals surface area contributed by atoms with E-state index in [0.717, 1.165) is 12.8 Å². The number of hydrogen-bond donors (Lipinski definition) is 1. The van der Waals surface area contributed by atoms with Gasteiger partial charge in [0, 0.05) is 19.5 Å². The van der Waals surface area contributed by atoms with Gasteiger partial charge in [-0.15, -0.1) is 0 Å². The number of carbonyl (C=O) groups excluding carboxylic acids is 1. The van der Waals surface area contributed by atoms with Crippen LogP contribution in [0.3, 0.4) is 0 Å². The van der Waals surface area contributed by atoms with Gasteiger partial charge in [-0.1, -0.05) is 42.4 Å². The van der Waals surface area contributed by atoms with Gasteiger partial charge in [-0.25, -0.2) is 4.79 Å². The van der Waals surface area contributed by atoms with Crippen LogP contribution in [0.15, 0.2) is 34.9 Å². The molecule has 2 amide bonds. The van der Waals surface area contributed by atoms with Gasteiger partial charge in [0.2, 0.25) is 0 Å². The van der Waals surface area contributed by atoms with Crippen LogP contribution < -0.4 is 5.32 Å². The number of morpholine rings is 1. The summed E-state index contributed by atoms with van der Waals surface area (Å²) in [7, 11) is 0. The average molecular weight is 343 g/mol. The zero-order chi connectivity index (χ0) is 17.6. The molecule has 134 valence electrons. The number of aryl methyl sites for hydroxylation is 3. The van der Waals surface area contributed by atoms with Crippen LogP contribution in [0.2, 0.25) is 0 Å². The molecule has 6 heteroatoms. The molecule has 3 rings (SSSR count). The van der Waals surface area contributed by atoms with Crippen LogP contribution in [-0.4, -0.2) is 41.9 Å². The fraction of sp³-hybridized carbons (Fsp3) is 0.474. The van der Waals surface area contributed by atoms with E-state index in [-0.39, 0.29) is 12.1 Å². The number of urea groups is 1. The highest BCUT2D eigenvalue weighted by atomic mass is 16.5. The van der Waals surface area contributed by atoms with Crippen LogP contribution in [0.1, 0.15) is 30.4 Å². The fourth-order valence-electron chi connectivity index (χ4n) is 3.05. The number of carbonyl (C=O) groups is 1. The minimum atomic E-state index is -0.117. The smallest absolute Gasteiger partial charge is 0.322 e. The van der Waals surface area contributed by atoms with E-state index in [1.165, 1.54) is 5.56 Å². The summed E-state index contributed by atoms with van der Waals surface area (Å²) in [5.74, 6) is 0.708. The van der Waals surface area contributed by atoms with Crippen LogP contribution in [0.25, 0.3) is 0 Å². The van der Waals surface area contributed by atoms with Gasteiger partial charge >= 0.3 is 6.03 Å². The summed E-state index contributed by atoms with van der Waals surface area (Å²) in [6.07, 6.45) is 2.61. The molecule has 0 spiro atoms. The number of rotatable bonds is 5. The van der Waals surface area contributed by atoms with Gasteiger partial charge in [0.05, 0.1) is 12.7 Å². The molecule has 6 nitrogen and oxygen atoms in total. The van der Waals surface area contributed by atoms with Gasteiger partial charge in [-0.3, -0.25) is 0 Å². The van der Waals surface area contributed by atoms with Crippen LogP contribution in [0.5, 0.6) is 0 Å². The summed E-state index contributed by atoms with van der Waals surface area (Å²) in [5, 5.41) is 6.88. The lowest BCUT2D eigenvalue weighted by molar-refractivity contribution is -0.0157. The molecular formula is C19H25N3O3. The molecule has 1 aromatic carbocycles. The molecule has 25 heavy (non-hydrogen) atoms. The minimum Gasteiger partial charge on any atom is -0.375 e. The first-order valence-corrected chi connectivity index (χ1v) is 8.84. The first-order chi connectivity index (χ1) is 12.2. The standard InChI is InChI=1S/C19H25N3O3/c1-3-17-18(14(2)21-25-17)20-19(23)22-11-12-24-16(13-22)10-9-15-7-5-4-6-8-15/h4-8,16H,3,9-13H2,1-2H3,(H,20,23). The fourth-order valence-corrected chi connectivity index (χ4v) is 3.05. The van der Waals surface area contributed by atoms with E-state index in [0.29, 0.717) is 43.3 Å². The van der Waals surface area contributed by atoms with Crippen molar-refractivity contribution in [2.45, 2.75) is 39.2 Å². The van der Waals surface area contributed by atoms with E-state index in [2.05, 4.69) is 22.6 Å². The monoisotopic (exact) mass is 343 g/mol. The average Bonchev–Trinajstić information content (AvgIpc) is 3.01. The summed E-state index contributed by atoms with van der Waals surface area (Å²) in [6.45, 7) is 5.57. The second-order valence-electron chi connectivity index (χ2n) is 6.31. The van der Waals surface area contributed by atoms with E-state index >= 15 is 0 Å². The molecule has 1 aliphatic heterocycles. The second kappa shape index (κ2) is 8.16. The van der Waals surface area contributed by atoms with Gasteiger partial charge in [-0.2, -0.15) is 0 Å². The molecule has 1 saturated heterocycles. The molecule has 1 atom stereocenters. The number of amides is 2. The summed E-state index contributed by atoms with van der Waals surface area (Å²) in [6, 6.07) is 10.2. The van der Waals surface area contributed by atoms with E-state index in [1.807, 2.05) is 36.9 Å². The van der Waals surface area contributed by atoms with Gasteiger partial charge in [0.1, 0.15) is 11.4 Å². The van der Waals surface area contributed by atoms with Crippen molar-refractivity contribution >= 4 is 11.7 Å². The van der Waals surface area contributed by atoms with Crippen molar-refractivity contribution in [3.8, 4) is 0 Å². The van der Waals surface area contributed by atoms with Gasteiger partial charge < -0.3 is 19.5 Å². The predicted molar refractivity (Wildman–Crippen MR) is 95.7 cm³/mol. The van der Waals surface area contributed by atoms with Crippen molar-refractivity contribution < 1.29 is 14.1 Å². The maximum atomic E-state index is 12.6. The van der Waals surface area contributed by atoms with E-state index in [4.69, 9.17) is 9.26 Å². The normalized spacial score (nSPS) is 17.5. The molecule has 1 fully saturated rings. The Bertz CT molecular complexity index is 699. The number of nitrogens with one attached hydrogen (secondary N) is 1. The number of ether oxygens (including phenoxy) is 1. The highest BCUT2D eigenvalue weighted by Crippen LogP contribution is 2.21. The van der Waals surface area contributed by atoms with Crippen LogP contribution in [-0.2, 0) is 17.6 Å². The van der Waals surface area contributed by atoms with E-state index in [1.54, 1.807) is 0 Å². The van der Waals surface area contributed by atoms with Crippen LogP contribution in [0.4, 0.5) is 10.5 Å². The Morgan fingerprint density at radius 1 is 1.36 bits per heavy atom. The Balaban J connectivity index is 1.55. The molecule has 0 saturated carbocycles. The van der Waals surface area contributed by atoms with Crippen molar-refractivity contribution in [3.63, 3.8) is 0 Å². The highest BCUT2D eigenvalue weighted by molar-refractivity contribution is 5.90. The zero-order valence-corrected chi connectivity index (χ0v) is 14.8. The third kappa shape index (κ3) is 4.39. The van der Waals surface area contributed by atoms with E-state index < -0.39 is 0 Å². The number of anilines is 1. The minimum absolute atomic E-state index is 0.0638. The molecule has 1 unspecified atom stereocenters.